The lowest BCUT2D eigenvalue weighted by molar-refractivity contribution is 0.320. The lowest BCUT2D eigenvalue weighted by atomic mass is 10.2. The minimum absolute atomic E-state index is 0.472. The number of thiophene rings is 1. The van der Waals surface area contributed by atoms with Crippen LogP contribution < -0.4 is 15.8 Å². The Hall–Kier alpha value is -2.01. The average molecular weight is 303 g/mol. The van der Waals surface area contributed by atoms with E-state index in [0.717, 1.165) is 17.7 Å². The van der Waals surface area contributed by atoms with Crippen LogP contribution in [0.3, 0.4) is 0 Å². The summed E-state index contributed by atoms with van der Waals surface area (Å²) in [4.78, 5) is 5.62. The van der Waals surface area contributed by atoms with Crippen molar-refractivity contribution in [2.75, 3.05) is 19.7 Å². The lowest BCUT2D eigenvalue weighted by Crippen LogP contribution is -2.35. The van der Waals surface area contributed by atoms with Crippen molar-refractivity contribution >= 4 is 17.3 Å². The monoisotopic (exact) mass is 303 g/mol. The number of hydrogen-bond donors (Lipinski definition) is 2. The molecule has 0 aliphatic heterocycles. The number of aryl methyl sites for hydroxylation is 1. The summed E-state index contributed by atoms with van der Waals surface area (Å²) < 4.78 is 5.68. The van der Waals surface area contributed by atoms with Crippen LogP contribution in [-0.2, 0) is 6.42 Å². The Labute approximate surface area is 129 Å². The smallest absolute Gasteiger partial charge is 0.188 e. The van der Waals surface area contributed by atoms with Crippen LogP contribution in [0.4, 0.5) is 0 Å². The summed E-state index contributed by atoms with van der Waals surface area (Å²) in [5.41, 5.74) is 6.94. The number of rotatable bonds is 7. The third-order valence-corrected chi connectivity index (χ3v) is 3.92. The molecule has 0 unspecified atom stereocenters. The molecule has 2 rings (SSSR count). The van der Waals surface area contributed by atoms with E-state index in [1.54, 1.807) is 11.3 Å². The summed E-state index contributed by atoms with van der Waals surface area (Å²) in [7, 11) is 0. The van der Waals surface area contributed by atoms with Crippen molar-refractivity contribution in [2.24, 2.45) is 10.7 Å². The lowest BCUT2D eigenvalue weighted by Gasteiger charge is -2.09. The van der Waals surface area contributed by atoms with Crippen molar-refractivity contribution in [3.05, 3.63) is 52.2 Å². The van der Waals surface area contributed by atoms with Gasteiger partial charge in [0.2, 0.25) is 0 Å². The van der Waals surface area contributed by atoms with E-state index < -0.39 is 0 Å². The molecule has 0 saturated carbocycles. The van der Waals surface area contributed by atoms with Gasteiger partial charge in [0, 0.05) is 17.8 Å². The van der Waals surface area contributed by atoms with Gasteiger partial charge >= 0.3 is 0 Å². The van der Waals surface area contributed by atoms with Crippen LogP contribution in [0.1, 0.15) is 10.4 Å². The molecule has 3 N–H and O–H groups in total. The molecular formula is C16H21N3OS. The third kappa shape index (κ3) is 5.47. The fourth-order valence-corrected chi connectivity index (χ4v) is 2.55. The van der Waals surface area contributed by atoms with E-state index >= 15 is 0 Å². The highest BCUT2D eigenvalue weighted by molar-refractivity contribution is 7.09. The Kier molecular flexibility index (Phi) is 6.09. The largest absolute Gasteiger partial charge is 0.491 e. The topological polar surface area (TPSA) is 59.6 Å². The summed E-state index contributed by atoms with van der Waals surface area (Å²) in [6, 6.07) is 12.1. The molecule has 1 heterocycles. The summed E-state index contributed by atoms with van der Waals surface area (Å²) in [5, 5.41) is 5.13. The van der Waals surface area contributed by atoms with E-state index in [-0.39, 0.29) is 0 Å². The molecule has 1 aromatic carbocycles. The van der Waals surface area contributed by atoms with Crippen molar-refractivity contribution in [3.63, 3.8) is 0 Å². The molecule has 21 heavy (non-hydrogen) atoms. The number of ether oxygens (including phenoxy) is 1. The number of nitrogens with zero attached hydrogens (tertiary/aromatic N) is 1. The van der Waals surface area contributed by atoms with Crippen molar-refractivity contribution < 1.29 is 4.74 Å². The Bertz CT molecular complexity index is 567. The Morgan fingerprint density at radius 1 is 1.29 bits per heavy atom. The maximum absolute atomic E-state index is 5.81. The number of nitrogens with two attached hydrogens (primary N) is 1. The number of benzene rings is 1. The Morgan fingerprint density at radius 3 is 2.90 bits per heavy atom. The number of guanidine groups is 1. The Balaban J connectivity index is 1.62. The number of nitrogens with one attached hydrogen (secondary N) is 1. The van der Waals surface area contributed by atoms with Gasteiger partial charge in [0.25, 0.3) is 0 Å². The van der Waals surface area contributed by atoms with Gasteiger partial charge in [-0.3, -0.25) is 4.99 Å². The van der Waals surface area contributed by atoms with Crippen molar-refractivity contribution in [2.45, 2.75) is 13.3 Å². The van der Waals surface area contributed by atoms with Crippen LogP contribution in [0.25, 0.3) is 0 Å². The van der Waals surface area contributed by atoms with Gasteiger partial charge in [-0.25, -0.2) is 0 Å². The molecule has 0 saturated heterocycles. The molecule has 0 aliphatic rings. The van der Waals surface area contributed by atoms with E-state index in [1.165, 1.54) is 4.88 Å². The fourth-order valence-electron chi connectivity index (χ4n) is 1.86. The summed E-state index contributed by atoms with van der Waals surface area (Å²) in [6.07, 6.45) is 0.930. The van der Waals surface area contributed by atoms with E-state index in [2.05, 4.69) is 21.8 Å². The fraction of sp³-hybridized carbons (Fsp3) is 0.312. The quantitative estimate of drug-likeness (QED) is 0.469. The minimum atomic E-state index is 0.472. The molecule has 5 heteroatoms. The van der Waals surface area contributed by atoms with Crippen molar-refractivity contribution in [1.82, 2.24) is 5.32 Å². The first-order valence-corrected chi connectivity index (χ1v) is 7.88. The molecule has 4 nitrogen and oxygen atoms in total. The molecule has 112 valence electrons. The molecule has 0 radical (unpaired) electrons. The van der Waals surface area contributed by atoms with E-state index in [4.69, 9.17) is 10.5 Å². The second-order valence-electron chi connectivity index (χ2n) is 4.64. The first-order valence-electron chi connectivity index (χ1n) is 7.00. The van der Waals surface area contributed by atoms with Crippen LogP contribution in [0, 0.1) is 6.92 Å². The van der Waals surface area contributed by atoms with Crippen LogP contribution in [0.5, 0.6) is 5.75 Å². The van der Waals surface area contributed by atoms with Crippen LogP contribution in [0.15, 0.2) is 46.8 Å². The standard InChI is InChI=1S/C16H21N3OS/c1-13-5-2-3-7-15(13)20-11-10-19-16(17)18-9-8-14-6-4-12-21-14/h2-7,12H,8-11H2,1H3,(H3,17,18,19). The predicted octanol–water partition coefficient (Wildman–Crippen LogP) is 2.58. The first kappa shape index (κ1) is 15.4. The number of aliphatic imine (C=N–C) groups is 1. The maximum Gasteiger partial charge on any atom is 0.188 e. The van der Waals surface area contributed by atoms with Crippen molar-refractivity contribution in [3.8, 4) is 5.75 Å². The molecule has 0 fully saturated rings. The molecule has 0 bridgehead atoms. The molecule has 0 atom stereocenters. The maximum atomic E-state index is 5.81. The van der Waals surface area contributed by atoms with Gasteiger partial charge in [0.15, 0.2) is 5.96 Å². The van der Waals surface area contributed by atoms with Gasteiger partial charge in [-0.05, 0) is 30.0 Å². The molecular weight excluding hydrogens is 282 g/mol. The summed E-state index contributed by atoms with van der Waals surface area (Å²) >= 11 is 1.74. The molecule has 0 spiro atoms. The highest BCUT2D eigenvalue weighted by Gasteiger charge is 1.98. The molecule has 0 aliphatic carbocycles. The van der Waals surface area contributed by atoms with Gasteiger partial charge in [-0.15, -0.1) is 11.3 Å². The highest BCUT2D eigenvalue weighted by atomic mass is 32.1. The van der Waals surface area contributed by atoms with Crippen molar-refractivity contribution in [1.29, 1.82) is 0 Å². The molecule has 1 aromatic heterocycles. The van der Waals surface area contributed by atoms with Gasteiger partial charge in [-0.1, -0.05) is 24.3 Å². The minimum Gasteiger partial charge on any atom is -0.491 e. The predicted molar refractivity (Wildman–Crippen MR) is 89.2 cm³/mol. The third-order valence-electron chi connectivity index (χ3n) is 2.98. The van der Waals surface area contributed by atoms with E-state index in [9.17, 15) is 0 Å². The SMILES string of the molecule is Cc1ccccc1OCCNC(N)=NCCc1cccs1. The zero-order chi connectivity index (χ0) is 14.9. The van der Waals surface area contributed by atoms with Crippen LogP contribution in [-0.4, -0.2) is 25.7 Å². The second-order valence-corrected chi connectivity index (χ2v) is 5.67. The summed E-state index contributed by atoms with van der Waals surface area (Å²) in [5.74, 6) is 1.38. The van der Waals surface area contributed by atoms with Gasteiger partial charge in [0.05, 0.1) is 6.54 Å². The molecule has 0 amide bonds. The first-order chi connectivity index (χ1) is 10.3. The van der Waals surface area contributed by atoms with Crippen LogP contribution >= 0.6 is 11.3 Å². The normalized spacial score (nSPS) is 11.4. The average Bonchev–Trinajstić information content (AvgIpc) is 2.98. The Morgan fingerprint density at radius 2 is 2.14 bits per heavy atom. The van der Waals surface area contributed by atoms with Gasteiger partial charge in [0.1, 0.15) is 12.4 Å². The van der Waals surface area contributed by atoms with E-state index in [1.807, 2.05) is 37.3 Å². The zero-order valence-corrected chi connectivity index (χ0v) is 13.0. The zero-order valence-electron chi connectivity index (χ0n) is 12.2. The van der Waals surface area contributed by atoms with Gasteiger partial charge in [-0.2, -0.15) is 0 Å². The van der Waals surface area contributed by atoms with E-state index in [0.29, 0.717) is 25.7 Å². The number of hydrogen-bond acceptors (Lipinski definition) is 3. The highest BCUT2D eigenvalue weighted by Crippen LogP contribution is 2.15. The number of para-hydroxylation sites is 1. The second kappa shape index (κ2) is 8.32. The summed E-state index contributed by atoms with van der Waals surface area (Å²) in [6.45, 7) is 3.94. The molecule has 2 aromatic rings. The van der Waals surface area contributed by atoms with Gasteiger partial charge < -0.3 is 15.8 Å². The van der Waals surface area contributed by atoms with Crippen LogP contribution in [0.2, 0.25) is 0 Å².